The number of rotatable bonds is 7. The van der Waals surface area contributed by atoms with Gasteiger partial charge < -0.3 is 9.26 Å². The van der Waals surface area contributed by atoms with Crippen LogP contribution in [0.25, 0.3) is 0 Å². The second kappa shape index (κ2) is 7.04. The zero-order chi connectivity index (χ0) is 16.4. The number of halogens is 1. The lowest BCUT2D eigenvalue weighted by Gasteiger charge is -2.21. The van der Waals surface area contributed by atoms with Gasteiger partial charge in [-0.3, -0.25) is 4.52 Å². The van der Waals surface area contributed by atoms with Crippen molar-refractivity contribution in [2.75, 3.05) is 12.4 Å². The van der Waals surface area contributed by atoms with E-state index in [2.05, 4.69) is 0 Å². The van der Waals surface area contributed by atoms with E-state index < -0.39 is 6.80 Å². The van der Waals surface area contributed by atoms with E-state index >= 15 is 0 Å². The topological polar surface area (TPSA) is 44.8 Å². The summed E-state index contributed by atoms with van der Waals surface area (Å²) in [7, 11) is 0. The van der Waals surface area contributed by atoms with E-state index in [0.29, 0.717) is 28.9 Å². The summed E-state index contributed by atoms with van der Waals surface area (Å²) in [6.45, 7) is 4.86. The van der Waals surface area contributed by atoms with Gasteiger partial charge in [-0.05, 0) is 44.6 Å². The minimum atomic E-state index is -3.27. The highest BCUT2D eigenvalue weighted by Gasteiger charge is 2.36. The van der Waals surface area contributed by atoms with Gasteiger partial charge in [0.15, 0.2) is 11.5 Å². The average Bonchev–Trinajstić information content (AvgIpc) is 2.71. The van der Waals surface area contributed by atoms with Crippen LogP contribution >= 0.6 is 29.8 Å². The van der Waals surface area contributed by atoms with Gasteiger partial charge in [-0.1, -0.05) is 18.5 Å². The summed E-state index contributed by atoms with van der Waals surface area (Å²) in [5.74, 6) is 1.71. The van der Waals surface area contributed by atoms with Gasteiger partial charge in [0, 0.05) is 28.8 Å². The predicted molar refractivity (Wildman–Crippen MR) is 92.5 cm³/mol. The summed E-state index contributed by atoms with van der Waals surface area (Å²) in [6, 6.07) is 3.50. The second-order valence-corrected chi connectivity index (χ2v) is 10.3. The molecule has 1 aliphatic heterocycles. The Bertz CT molecular complexity index is 591. The monoisotopic (exact) mass is 364 g/mol. The molecule has 0 saturated carbocycles. The molecule has 22 heavy (non-hydrogen) atoms. The quantitative estimate of drug-likeness (QED) is 0.579. The molecule has 0 fully saturated rings. The normalized spacial score (nSPS) is 18.4. The molecular formula is C15H22ClO4PS. The molecule has 0 radical (unpaired) electrons. The highest BCUT2D eigenvalue weighted by Crippen LogP contribution is 2.62. The van der Waals surface area contributed by atoms with Gasteiger partial charge in [0.1, 0.15) is 5.60 Å². The van der Waals surface area contributed by atoms with Crippen LogP contribution in [0, 0.1) is 0 Å². The molecule has 1 aromatic rings. The maximum Gasteiger partial charge on any atom is 0.440 e. The van der Waals surface area contributed by atoms with Crippen molar-refractivity contribution < 1.29 is 18.3 Å². The Morgan fingerprint density at radius 2 is 2.14 bits per heavy atom. The zero-order valence-corrected chi connectivity index (χ0v) is 15.8. The fourth-order valence-electron chi connectivity index (χ4n) is 2.28. The van der Waals surface area contributed by atoms with E-state index in [-0.39, 0.29) is 5.60 Å². The minimum Gasteiger partial charge on any atom is -0.483 e. The maximum atomic E-state index is 12.8. The molecule has 0 aliphatic carbocycles. The summed E-state index contributed by atoms with van der Waals surface area (Å²) in [6.07, 6.45) is 1.63. The third-order valence-corrected chi connectivity index (χ3v) is 7.20. The SMILES string of the molecule is CCCSP(=O)(OCC)Oc1cc(Cl)cc2c1OC(C)(C)C2. The molecular weight excluding hydrogens is 343 g/mol. The molecule has 0 N–H and O–H groups in total. The van der Waals surface area contributed by atoms with E-state index in [0.717, 1.165) is 18.4 Å². The van der Waals surface area contributed by atoms with Crippen LogP contribution in [0.1, 0.15) is 39.7 Å². The molecule has 7 heteroatoms. The number of benzene rings is 1. The van der Waals surface area contributed by atoms with Crippen molar-refractivity contribution in [2.45, 2.75) is 46.1 Å². The van der Waals surface area contributed by atoms with Crippen molar-refractivity contribution in [1.82, 2.24) is 0 Å². The van der Waals surface area contributed by atoms with E-state index in [1.807, 2.05) is 26.8 Å². The summed E-state index contributed by atoms with van der Waals surface area (Å²) >= 11 is 7.37. The van der Waals surface area contributed by atoms with E-state index in [1.165, 1.54) is 11.4 Å². The Morgan fingerprint density at radius 1 is 1.41 bits per heavy atom. The van der Waals surface area contributed by atoms with Crippen LogP contribution < -0.4 is 9.26 Å². The molecule has 1 aromatic carbocycles. The van der Waals surface area contributed by atoms with Crippen LogP contribution in [0.5, 0.6) is 11.5 Å². The van der Waals surface area contributed by atoms with Gasteiger partial charge in [0.25, 0.3) is 0 Å². The first-order valence-electron chi connectivity index (χ1n) is 7.39. The van der Waals surface area contributed by atoms with Crippen molar-refractivity contribution in [2.24, 2.45) is 0 Å². The molecule has 1 heterocycles. The number of hydrogen-bond acceptors (Lipinski definition) is 5. The molecule has 0 bridgehead atoms. The smallest absolute Gasteiger partial charge is 0.440 e. The first-order valence-corrected chi connectivity index (χ1v) is 10.9. The minimum absolute atomic E-state index is 0.322. The predicted octanol–water partition coefficient (Wildman–Crippen LogP) is 5.72. The molecule has 4 nitrogen and oxygen atoms in total. The largest absolute Gasteiger partial charge is 0.483 e. The first-order chi connectivity index (χ1) is 10.3. The molecule has 0 amide bonds. The van der Waals surface area contributed by atoms with Gasteiger partial charge in [-0.15, -0.1) is 0 Å². The van der Waals surface area contributed by atoms with Gasteiger partial charge in [0.05, 0.1) is 6.61 Å². The fourth-order valence-corrected chi connectivity index (χ4v) is 5.95. The van der Waals surface area contributed by atoms with Gasteiger partial charge in [0.2, 0.25) is 0 Å². The third-order valence-electron chi connectivity index (χ3n) is 3.04. The standard InChI is InChI=1S/C15H22ClO4PS/c1-5-7-22-21(17,18-6-2)20-13-9-12(16)8-11-10-15(3,4)19-14(11)13/h8-9H,5-7,10H2,1-4H3. The highest BCUT2D eigenvalue weighted by molar-refractivity contribution is 8.55. The Morgan fingerprint density at radius 3 is 2.77 bits per heavy atom. The summed E-state index contributed by atoms with van der Waals surface area (Å²) in [5, 5.41) is 0.540. The lowest BCUT2D eigenvalue weighted by molar-refractivity contribution is 0.135. The number of hydrogen-bond donors (Lipinski definition) is 0. The molecule has 1 atom stereocenters. The molecule has 2 rings (SSSR count). The van der Waals surface area contributed by atoms with E-state index in [9.17, 15) is 4.57 Å². The van der Waals surface area contributed by atoms with Crippen LogP contribution in [0.15, 0.2) is 12.1 Å². The summed E-state index contributed by atoms with van der Waals surface area (Å²) in [4.78, 5) is 0. The molecule has 1 unspecified atom stereocenters. The van der Waals surface area contributed by atoms with E-state index in [4.69, 9.17) is 25.4 Å². The molecule has 0 saturated heterocycles. The van der Waals surface area contributed by atoms with Crippen LogP contribution in [0.2, 0.25) is 5.02 Å². The molecule has 0 spiro atoms. The van der Waals surface area contributed by atoms with Crippen LogP contribution in [-0.4, -0.2) is 18.0 Å². The highest BCUT2D eigenvalue weighted by atomic mass is 35.5. The molecule has 0 aromatic heterocycles. The lowest BCUT2D eigenvalue weighted by Crippen LogP contribution is -2.24. The third kappa shape index (κ3) is 4.35. The van der Waals surface area contributed by atoms with Crippen molar-refractivity contribution in [3.8, 4) is 11.5 Å². The van der Waals surface area contributed by atoms with Crippen LogP contribution in [0.4, 0.5) is 0 Å². The number of fused-ring (bicyclic) bond motifs is 1. The van der Waals surface area contributed by atoms with Crippen molar-refractivity contribution in [3.05, 3.63) is 22.7 Å². The first kappa shape index (κ1) is 18.0. The number of ether oxygens (including phenoxy) is 1. The van der Waals surface area contributed by atoms with E-state index in [1.54, 1.807) is 13.0 Å². The van der Waals surface area contributed by atoms with Gasteiger partial charge in [-0.25, -0.2) is 4.57 Å². The van der Waals surface area contributed by atoms with Crippen molar-refractivity contribution >= 4 is 29.8 Å². The Hall–Kier alpha value is -0.350. The Kier molecular flexibility index (Phi) is 5.76. The van der Waals surface area contributed by atoms with Gasteiger partial charge in [-0.2, -0.15) is 0 Å². The van der Waals surface area contributed by atoms with Crippen LogP contribution in [0.3, 0.4) is 0 Å². The Balaban J connectivity index is 2.31. The van der Waals surface area contributed by atoms with Crippen molar-refractivity contribution in [1.29, 1.82) is 0 Å². The second-order valence-electron chi connectivity index (χ2n) is 5.72. The van der Waals surface area contributed by atoms with Crippen LogP contribution in [-0.2, 0) is 15.5 Å². The summed E-state index contributed by atoms with van der Waals surface area (Å²) < 4.78 is 29.9. The maximum absolute atomic E-state index is 12.8. The fraction of sp³-hybridized carbons (Fsp3) is 0.600. The average molecular weight is 365 g/mol. The summed E-state index contributed by atoms with van der Waals surface area (Å²) in [5.41, 5.74) is 0.646. The molecule has 1 aliphatic rings. The van der Waals surface area contributed by atoms with Crippen molar-refractivity contribution in [3.63, 3.8) is 0 Å². The molecule has 124 valence electrons. The lowest BCUT2D eigenvalue weighted by atomic mass is 10.0. The Labute approximate surface area is 141 Å². The zero-order valence-electron chi connectivity index (χ0n) is 13.3. The van der Waals surface area contributed by atoms with Gasteiger partial charge >= 0.3 is 6.80 Å².